The van der Waals surface area contributed by atoms with Crippen LogP contribution in [-0.4, -0.2) is 30.1 Å². The molecule has 0 amide bonds. The molecule has 1 aromatic heterocycles. The average Bonchev–Trinajstić information content (AvgIpc) is 2.97. The molecular formula is C23H33NO4S. The standard InChI is InChI=1S/C23H33NO4S/c1-9-10-24-14-16(13-19(24)29(8,27)28)20(25)15-11-17(22(2,3)4)21(26)18(12-15)23(5,6)7/h11-14,26H,9-10H2,1-8H3. The Balaban J connectivity index is 2.71. The number of nitrogens with zero attached hydrogens (tertiary/aromatic N) is 1. The number of hydrogen-bond donors (Lipinski definition) is 1. The van der Waals surface area contributed by atoms with Gasteiger partial charge in [-0.25, -0.2) is 8.42 Å². The number of aromatic nitrogens is 1. The lowest BCUT2D eigenvalue weighted by Gasteiger charge is -2.28. The molecule has 0 saturated heterocycles. The summed E-state index contributed by atoms with van der Waals surface area (Å²) in [5.74, 6) is -0.0392. The summed E-state index contributed by atoms with van der Waals surface area (Å²) in [4.78, 5) is 13.3. The van der Waals surface area contributed by atoms with E-state index in [0.29, 0.717) is 28.8 Å². The first kappa shape index (κ1) is 23.2. The Hall–Kier alpha value is -2.08. The van der Waals surface area contributed by atoms with Crippen molar-refractivity contribution in [2.45, 2.75) is 77.3 Å². The maximum Gasteiger partial charge on any atom is 0.194 e. The quantitative estimate of drug-likeness (QED) is 0.704. The number of ketones is 1. The summed E-state index contributed by atoms with van der Waals surface area (Å²) >= 11 is 0. The van der Waals surface area contributed by atoms with Gasteiger partial charge in [0.05, 0.1) is 0 Å². The number of sulfone groups is 1. The molecular weight excluding hydrogens is 386 g/mol. The van der Waals surface area contributed by atoms with Gasteiger partial charge < -0.3 is 9.67 Å². The highest BCUT2D eigenvalue weighted by atomic mass is 32.2. The van der Waals surface area contributed by atoms with E-state index >= 15 is 0 Å². The number of phenolic OH excluding ortho intramolecular Hbond substituents is 1. The van der Waals surface area contributed by atoms with Gasteiger partial charge in [0, 0.05) is 41.3 Å². The van der Waals surface area contributed by atoms with Crippen LogP contribution in [0.25, 0.3) is 0 Å². The first-order valence-corrected chi connectivity index (χ1v) is 11.8. The minimum atomic E-state index is -3.45. The summed E-state index contributed by atoms with van der Waals surface area (Å²) < 4.78 is 25.9. The second kappa shape index (κ2) is 7.63. The summed E-state index contributed by atoms with van der Waals surface area (Å²) in [5.41, 5.74) is 1.48. The Kier molecular flexibility index (Phi) is 6.11. The minimum Gasteiger partial charge on any atom is -0.507 e. The molecule has 1 N–H and O–H groups in total. The highest BCUT2D eigenvalue weighted by Gasteiger charge is 2.29. The van der Waals surface area contributed by atoms with E-state index in [1.165, 1.54) is 6.07 Å². The van der Waals surface area contributed by atoms with Crippen LogP contribution in [0.3, 0.4) is 0 Å². The van der Waals surface area contributed by atoms with Crippen molar-refractivity contribution in [2.24, 2.45) is 0 Å². The van der Waals surface area contributed by atoms with Crippen molar-refractivity contribution in [3.63, 3.8) is 0 Å². The molecule has 1 heterocycles. The predicted molar refractivity (Wildman–Crippen MR) is 117 cm³/mol. The molecule has 0 radical (unpaired) electrons. The Labute approximate surface area is 174 Å². The van der Waals surface area contributed by atoms with Crippen LogP contribution in [-0.2, 0) is 27.2 Å². The number of rotatable bonds is 5. The van der Waals surface area contributed by atoms with Crippen LogP contribution < -0.4 is 0 Å². The lowest BCUT2D eigenvalue weighted by molar-refractivity contribution is 0.103. The number of carbonyl (C=O) groups excluding carboxylic acids is 1. The van der Waals surface area contributed by atoms with E-state index in [-0.39, 0.29) is 27.4 Å². The van der Waals surface area contributed by atoms with Gasteiger partial charge in [-0.15, -0.1) is 0 Å². The molecule has 6 heteroatoms. The molecule has 0 bridgehead atoms. The normalized spacial score (nSPS) is 13.0. The van der Waals surface area contributed by atoms with Crippen LogP contribution in [0.5, 0.6) is 5.75 Å². The third-order valence-electron chi connectivity index (χ3n) is 4.95. The molecule has 0 aliphatic carbocycles. The summed E-state index contributed by atoms with van der Waals surface area (Å²) in [6.45, 7) is 14.4. The second-order valence-electron chi connectivity index (χ2n) is 9.78. The SMILES string of the molecule is CCCn1cc(C(=O)c2cc(C(C)(C)C)c(O)c(C(C)(C)C)c2)cc1S(C)(=O)=O. The van der Waals surface area contributed by atoms with Crippen molar-refractivity contribution in [1.82, 2.24) is 4.57 Å². The number of carbonyl (C=O) groups is 1. The lowest BCUT2D eigenvalue weighted by Crippen LogP contribution is -2.19. The average molecular weight is 420 g/mol. The fraction of sp³-hybridized carbons (Fsp3) is 0.522. The van der Waals surface area contributed by atoms with Crippen molar-refractivity contribution in [3.8, 4) is 5.75 Å². The summed E-state index contributed by atoms with van der Waals surface area (Å²) in [7, 11) is -3.45. The van der Waals surface area contributed by atoms with Gasteiger partial charge >= 0.3 is 0 Å². The van der Waals surface area contributed by atoms with E-state index in [4.69, 9.17) is 0 Å². The molecule has 0 spiro atoms. The third-order valence-corrected chi connectivity index (χ3v) is 6.06. The van der Waals surface area contributed by atoms with E-state index in [9.17, 15) is 18.3 Å². The van der Waals surface area contributed by atoms with Gasteiger partial charge in [-0.3, -0.25) is 4.79 Å². The van der Waals surface area contributed by atoms with E-state index in [0.717, 1.165) is 12.7 Å². The Bertz CT molecular complexity index is 997. The molecule has 0 aliphatic rings. The third kappa shape index (κ3) is 4.92. The van der Waals surface area contributed by atoms with Crippen LogP contribution in [0.4, 0.5) is 0 Å². The van der Waals surface area contributed by atoms with Crippen LogP contribution >= 0.6 is 0 Å². The second-order valence-corrected chi connectivity index (χ2v) is 11.7. The molecule has 0 aliphatic heterocycles. The van der Waals surface area contributed by atoms with Gasteiger partial charge in [0.2, 0.25) is 0 Å². The number of aryl methyl sites for hydroxylation is 1. The highest BCUT2D eigenvalue weighted by molar-refractivity contribution is 7.90. The van der Waals surface area contributed by atoms with Crippen LogP contribution in [0.1, 0.15) is 81.9 Å². The molecule has 29 heavy (non-hydrogen) atoms. The predicted octanol–water partition coefficient (Wildman–Crippen LogP) is 4.83. The Morgan fingerprint density at radius 1 is 0.966 bits per heavy atom. The van der Waals surface area contributed by atoms with Gasteiger partial charge in [-0.2, -0.15) is 0 Å². The van der Waals surface area contributed by atoms with Gasteiger partial charge in [0.15, 0.2) is 15.6 Å². The lowest BCUT2D eigenvalue weighted by atomic mass is 9.78. The zero-order valence-electron chi connectivity index (χ0n) is 18.8. The number of hydrogen-bond acceptors (Lipinski definition) is 4. The number of benzene rings is 1. The largest absolute Gasteiger partial charge is 0.507 e. The number of phenols is 1. The molecule has 0 atom stereocenters. The number of aromatic hydroxyl groups is 1. The van der Waals surface area contributed by atoms with E-state index in [2.05, 4.69) is 0 Å². The summed E-state index contributed by atoms with van der Waals surface area (Å²) in [6.07, 6.45) is 3.52. The van der Waals surface area contributed by atoms with Crippen molar-refractivity contribution in [2.75, 3.05) is 6.26 Å². The van der Waals surface area contributed by atoms with Crippen LogP contribution in [0.15, 0.2) is 29.4 Å². The maximum atomic E-state index is 13.3. The molecule has 0 unspecified atom stereocenters. The van der Waals surface area contributed by atoms with Crippen molar-refractivity contribution in [1.29, 1.82) is 0 Å². The molecule has 0 fully saturated rings. The Morgan fingerprint density at radius 2 is 1.45 bits per heavy atom. The first-order valence-electron chi connectivity index (χ1n) is 9.90. The zero-order chi connectivity index (χ0) is 22.4. The maximum absolute atomic E-state index is 13.3. The van der Waals surface area contributed by atoms with Gasteiger partial charge in [0.25, 0.3) is 0 Å². The van der Waals surface area contributed by atoms with Gasteiger partial charge in [-0.05, 0) is 35.4 Å². The molecule has 1 aromatic carbocycles. The molecule has 2 rings (SSSR count). The topological polar surface area (TPSA) is 76.4 Å². The highest BCUT2D eigenvalue weighted by Crippen LogP contribution is 2.40. The monoisotopic (exact) mass is 419 g/mol. The fourth-order valence-electron chi connectivity index (χ4n) is 3.42. The van der Waals surface area contributed by atoms with Crippen LogP contribution in [0.2, 0.25) is 0 Å². The minimum absolute atomic E-state index is 0.147. The first-order chi connectivity index (χ1) is 13.1. The molecule has 0 saturated carbocycles. The summed E-state index contributed by atoms with van der Waals surface area (Å²) in [5, 5.41) is 11.0. The van der Waals surface area contributed by atoms with E-state index < -0.39 is 9.84 Å². The van der Waals surface area contributed by atoms with E-state index in [1.807, 2.05) is 48.5 Å². The Morgan fingerprint density at radius 3 is 1.83 bits per heavy atom. The van der Waals surface area contributed by atoms with Crippen molar-refractivity contribution < 1.29 is 18.3 Å². The fourth-order valence-corrected chi connectivity index (χ4v) is 4.33. The molecule has 2 aromatic rings. The van der Waals surface area contributed by atoms with Crippen molar-refractivity contribution in [3.05, 3.63) is 46.6 Å². The van der Waals surface area contributed by atoms with Crippen LogP contribution in [0, 0.1) is 0 Å². The van der Waals surface area contributed by atoms with Gasteiger partial charge in [-0.1, -0.05) is 48.5 Å². The molecule has 160 valence electrons. The summed E-state index contributed by atoms with van der Waals surface area (Å²) in [6, 6.07) is 4.90. The van der Waals surface area contributed by atoms with Crippen molar-refractivity contribution >= 4 is 15.6 Å². The van der Waals surface area contributed by atoms with Gasteiger partial charge in [0.1, 0.15) is 10.8 Å². The molecule has 5 nitrogen and oxygen atoms in total. The zero-order valence-corrected chi connectivity index (χ0v) is 19.6. The smallest absolute Gasteiger partial charge is 0.194 e. The van der Waals surface area contributed by atoms with E-state index in [1.54, 1.807) is 22.9 Å².